The van der Waals surface area contributed by atoms with E-state index >= 15 is 0 Å². The number of thioether (sulfide) groups is 1. The van der Waals surface area contributed by atoms with Crippen molar-refractivity contribution in [2.75, 3.05) is 19.9 Å². The highest BCUT2D eigenvalue weighted by Gasteiger charge is 2.06. The van der Waals surface area contributed by atoms with E-state index in [4.69, 9.17) is 10.5 Å². The van der Waals surface area contributed by atoms with Gasteiger partial charge in [0.1, 0.15) is 5.75 Å². The van der Waals surface area contributed by atoms with Gasteiger partial charge in [-0.15, -0.1) is 11.8 Å². The second kappa shape index (κ2) is 5.27. The predicted octanol–water partition coefficient (Wildman–Crippen LogP) is 2.23. The molecule has 0 fully saturated rings. The summed E-state index contributed by atoms with van der Waals surface area (Å²) in [7, 11) is 1.70. The minimum Gasteiger partial charge on any atom is -0.496 e. The second-order valence-electron chi connectivity index (χ2n) is 3.17. The molecule has 0 bridgehead atoms. The van der Waals surface area contributed by atoms with Crippen molar-refractivity contribution in [3.63, 3.8) is 0 Å². The van der Waals surface area contributed by atoms with Gasteiger partial charge in [0.25, 0.3) is 0 Å². The maximum Gasteiger partial charge on any atom is 0.122 e. The summed E-state index contributed by atoms with van der Waals surface area (Å²) in [5.41, 5.74) is 8.01. The molecule has 2 nitrogen and oxygen atoms in total. The summed E-state index contributed by atoms with van der Waals surface area (Å²) in [6, 6.07) is 4.25. The zero-order chi connectivity index (χ0) is 10.6. The van der Waals surface area contributed by atoms with Crippen LogP contribution in [-0.2, 0) is 6.42 Å². The van der Waals surface area contributed by atoms with Gasteiger partial charge in [-0.25, -0.2) is 0 Å². The van der Waals surface area contributed by atoms with Gasteiger partial charge < -0.3 is 10.5 Å². The van der Waals surface area contributed by atoms with Crippen LogP contribution in [0.4, 0.5) is 0 Å². The Labute approximate surface area is 89.8 Å². The highest BCUT2D eigenvalue weighted by Crippen LogP contribution is 2.28. The van der Waals surface area contributed by atoms with E-state index in [2.05, 4.69) is 25.3 Å². The quantitative estimate of drug-likeness (QED) is 0.776. The monoisotopic (exact) mass is 211 g/mol. The van der Waals surface area contributed by atoms with E-state index in [0.717, 1.165) is 12.2 Å². The third-order valence-corrected chi connectivity index (χ3v) is 3.09. The normalized spacial score (nSPS) is 10.3. The average molecular weight is 211 g/mol. The highest BCUT2D eigenvalue weighted by molar-refractivity contribution is 7.98. The van der Waals surface area contributed by atoms with Crippen LogP contribution < -0.4 is 10.5 Å². The fourth-order valence-electron chi connectivity index (χ4n) is 1.46. The third kappa shape index (κ3) is 2.42. The van der Waals surface area contributed by atoms with Crippen molar-refractivity contribution < 1.29 is 4.74 Å². The lowest BCUT2D eigenvalue weighted by Crippen LogP contribution is -2.04. The van der Waals surface area contributed by atoms with Crippen molar-refractivity contribution in [3.05, 3.63) is 23.3 Å². The number of nitrogens with two attached hydrogens (primary N) is 1. The summed E-state index contributed by atoms with van der Waals surface area (Å²) >= 11 is 1.76. The molecule has 0 aliphatic heterocycles. The van der Waals surface area contributed by atoms with Gasteiger partial charge in [0, 0.05) is 4.90 Å². The number of rotatable bonds is 4. The zero-order valence-electron chi connectivity index (χ0n) is 8.96. The first-order valence-electron chi connectivity index (χ1n) is 4.64. The summed E-state index contributed by atoms with van der Waals surface area (Å²) in [6.07, 6.45) is 2.96. The van der Waals surface area contributed by atoms with E-state index in [0.29, 0.717) is 6.54 Å². The fourth-order valence-corrected chi connectivity index (χ4v) is 2.11. The molecule has 78 valence electrons. The molecule has 0 atom stereocenters. The van der Waals surface area contributed by atoms with E-state index in [1.165, 1.54) is 16.0 Å². The molecule has 1 aromatic carbocycles. The maximum absolute atomic E-state index is 5.55. The van der Waals surface area contributed by atoms with Crippen LogP contribution in [-0.4, -0.2) is 19.9 Å². The number of methoxy groups -OCH3 is 1. The molecule has 2 N–H and O–H groups in total. The first-order chi connectivity index (χ1) is 6.72. The molecular formula is C11H17NOS. The molecule has 0 amide bonds. The Kier molecular flexibility index (Phi) is 4.29. The largest absolute Gasteiger partial charge is 0.496 e. The Hall–Kier alpha value is -0.670. The van der Waals surface area contributed by atoms with Gasteiger partial charge in [-0.3, -0.25) is 0 Å². The van der Waals surface area contributed by atoms with Crippen LogP contribution in [0.25, 0.3) is 0 Å². The van der Waals surface area contributed by atoms with Crippen molar-refractivity contribution in [1.29, 1.82) is 0 Å². The van der Waals surface area contributed by atoms with Gasteiger partial charge in [0.15, 0.2) is 0 Å². The lowest BCUT2D eigenvalue weighted by atomic mass is 10.1. The van der Waals surface area contributed by atoms with Crippen LogP contribution in [0.15, 0.2) is 17.0 Å². The lowest BCUT2D eigenvalue weighted by molar-refractivity contribution is 0.409. The third-order valence-electron chi connectivity index (χ3n) is 2.21. The molecule has 0 heterocycles. The Morgan fingerprint density at radius 3 is 2.64 bits per heavy atom. The molecule has 1 aromatic rings. The SMILES string of the molecule is COc1cc(C)c(SC)cc1CCN. The Morgan fingerprint density at radius 2 is 2.14 bits per heavy atom. The smallest absolute Gasteiger partial charge is 0.122 e. The van der Waals surface area contributed by atoms with Gasteiger partial charge in [0.2, 0.25) is 0 Å². The van der Waals surface area contributed by atoms with Crippen molar-refractivity contribution in [2.24, 2.45) is 5.73 Å². The van der Waals surface area contributed by atoms with E-state index < -0.39 is 0 Å². The van der Waals surface area contributed by atoms with Crippen LogP contribution in [0.3, 0.4) is 0 Å². The molecule has 1 rings (SSSR count). The molecular weight excluding hydrogens is 194 g/mol. The lowest BCUT2D eigenvalue weighted by Gasteiger charge is -2.11. The molecule has 0 aliphatic rings. The molecule has 3 heteroatoms. The summed E-state index contributed by atoms with van der Waals surface area (Å²) in [5, 5.41) is 0. The summed E-state index contributed by atoms with van der Waals surface area (Å²) < 4.78 is 5.31. The fraction of sp³-hybridized carbons (Fsp3) is 0.455. The van der Waals surface area contributed by atoms with Gasteiger partial charge in [-0.1, -0.05) is 0 Å². The number of ether oxygens (including phenoxy) is 1. The molecule has 0 saturated heterocycles. The van der Waals surface area contributed by atoms with E-state index in [-0.39, 0.29) is 0 Å². The van der Waals surface area contributed by atoms with Gasteiger partial charge in [-0.05, 0) is 49.4 Å². The van der Waals surface area contributed by atoms with Crippen molar-refractivity contribution in [3.8, 4) is 5.75 Å². The summed E-state index contributed by atoms with van der Waals surface area (Å²) in [5.74, 6) is 0.950. The van der Waals surface area contributed by atoms with Gasteiger partial charge >= 0.3 is 0 Å². The number of benzene rings is 1. The van der Waals surface area contributed by atoms with E-state index in [9.17, 15) is 0 Å². The molecule has 0 unspecified atom stereocenters. The van der Waals surface area contributed by atoms with Crippen molar-refractivity contribution in [1.82, 2.24) is 0 Å². The number of hydrogen-bond acceptors (Lipinski definition) is 3. The summed E-state index contributed by atoms with van der Waals surface area (Å²) in [6.45, 7) is 2.76. The van der Waals surface area contributed by atoms with Crippen LogP contribution in [0, 0.1) is 6.92 Å². The average Bonchev–Trinajstić information content (AvgIpc) is 2.20. The highest BCUT2D eigenvalue weighted by atomic mass is 32.2. The van der Waals surface area contributed by atoms with Gasteiger partial charge in [-0.2, -0.15) is 0 Å². The number of hydrogen-bond donors (Lipinski definition) is 1. The first-order valence-corrected chi connectivity index (χ1v) is 5.87. The van der Waals surface area contributed by atoms with Crippen LogP contribution in [0.1, 0.15) is 11.1 Å². The second-order valence-corrected chi connectivity index (χ2v) is 4.02. The minimum absolute atomic E-state index is 0.660. The molecule has 0 spiro atoms. The molecule has 14 heavy (non-hydrogen) atoms. The van der Waals surface area contributed by atoms with Crippen LogP contribution >= 0.6 is 11.8 Å². The van der Waals surface area contributed by atoms with Crippen molar-refractivity contribution in [2.45, 2.75) is 18.2 Å². The Bertz CT molecular complexity index is 312. The Balaban J connectivity index is 3.11. The zero-order valence-corrected chi connectivity index (χ0v) is 9.78. The summed E-state index contributed by atoms with van der Waals surface area (Å²) in [4.78, 5) is 1.30. The standard InChI is InChI=1S/C11H17NOS/c1-8-6-10(13-2)9(4-5-12)7-11(8)14-3/h6-7H,4-5,12H2,1-3H3. The molecule has 0 aromatic heterocycles. The van der Waals surface area contributed by atoms with Crippen LogP contribution in [0.5, 0.6) is 5.75 Å². The Morgan fingerprint density at radius 1 is 1.43 bits per heavy atom. The molecule has 0 saturated carbocycles. The van der Waals surface area contributed by atoms with Gasteiger partial charge in [0.05, 0.1) is 7.11 Å². The minimum atomic E-state index is 0.660. The first kappa shape index (κ1) is 11.4. The van der Waals surface area contributed by atoms with Crippen LogP contribution in [0.2, 0.25) is 0 Å². The molecule has 0 aliphatic carbocycles. The van der Waals surface area contributed by atoms with E-state index in [1.54, 1.807) is 18.9 Å². The van der Waals surface area contributed by atoms with Crippen molar-refractivity contribution >= 4 is 11.8 Å². The van der Waals surface area contributed by atoms with E-state index in [1.807, 2.05) is 0 Å². The maximum atomic E-state index is 5.55. The molecule has 0 radical (unpaired) electrons. The topological polar surface area (TPSA) is 35.2 Å². The predicted molar refractivity (Wildman–Crippen MR) is 62.3 cm³/mol. The number of aryl methyl sites for hydroxylation is 1.